The minimum atomic E-state index is -0.778. The average molecular weight is 347 g/mol. The van der Waals surface area contributed by atoms with E-state index < -0.39 is 18.1 Å². The molecule has 1 aromatic carbocycles. The van der Waals surface area contributed by atoms with Crippen LogP contribution in [0.3, 0.4) is 0 Å². The van der Waals surface area contributed by atoms with Crippen LogP contribution >= 0.6 is 0 Å². The second kappa shape index (κ2) is 9.56. The zero-order valence-electron chi connectivity index (χ0n) is 15.2. The van der Waals surface area contributed by atoms with Crippen molar-refractivity contribution < 1.29 is 19.4 Å². The number of rotatable bonds is 9. The summed E-state index contributed by atoms with van der Waals surface area (Å²) in [6, 6.07) is 9.45. The van der Waals surface area contributed by atoms with Crippen LogP contribution in [0.1, 0.15) is 51.5 Å². The van der Waals surface area contributed by atoms with Crippen LogP contribution in [0.2, 0.25) is 0 Å². The van der Waals surface area contributed by atoms with E-state index in [0.717, 1.165) is 31.2 Å². The Balaban J connectivity index is 2.05. The number of aliphatic hydroxyl groups excluding tert-OH is 1. The van der Waals surface area contributed by atoms with Crippen LogP contribution < -0.4 is 0 Å². The number of carbonyl (C=O) groups excluding carboxylic acids is 2. The van der Waals surface area contributed by atoms with Crippen LogP contribution in [0.4, 0.5) is 4.79 Å². The molecule has 1 saturated heterocycles. The molecule has 5 nitrogen and oxygen atoms in total. The fourth-order valence-corrected chi connectivity index (χ4v) is 3.31. The molecule has 0 radical (unpaired) electrons. The van der Waals surface area contributed by atoms with E-state index in [9.17, 15) is 14.7 Å². The Labute approximate surface area is 150 Å². The molecule has 1 aromatic rings. The molecule has 2 rings (SSSR count). The van der Waals surface area contributed by atoms with Crippen LogP contribution in [0, 0.1) is 5.92 Å². The summed E-state index contributed by atoms with van der Waals surface area (Å²) in [5, 5.41) is 10.1. The molecule has 0 aromatic heterocycles. The summed E-state index contributed by atoms with van der Waals surface area (Å²) in [5.74, 6) is -0.865. The molecular weight excluding hydrogens is 318 g/mol. The number of unbranched alkanes of at least 4 members (excludes halogenated alkanes) is 3. The van der Waals surface area contributed by atoms with Crippen molar-refractivity contribution in [3.8, 4) is 0 Å². The molecule has 0 aliphatic carbocycles. The number of hydrogen-bond donors (Lipinski definition) is 1. The highest BCUT2D eigenvalue weighted by molar-refractivity contribution is 5.95. The normalized spacial score (nSPS) is 19.6. The zero-order valence-corrected chi connectivity index (χ0v) is 15.2. The number of nitrogens with zero attached hydrogens (tertiary/aromatic N) is 1. The fourth-order valence-electron chi connectivity index (χ4n) is 3.31. The number of carbonyl (C=O) groups is 2. The Morgan fingerprint density at radius 2 is 2.00 bits per heavy atom. The standard InChI is InChI=1S/C20H29NO4/c1-3-4-5-9-12-18(15(2)22)19(23)21-17(14-25-20(21)24)13-16-10-7-6-8-11-16/h6-8,10-11,15,17-18,22H,3-5,9,12-14H2,1-2H3/t15-,17+,18?/m0/s1. The number of amides is 2. The van der Waals surface area contributed by atoms with E-state index in [2.05, 4.69) is 6.92 Å². The van der Waals surface area contributed by atoms with Gasteiger partial charge >= 0.3 is 6.09 Å². The summed E-state index contributed by atoms with van der Waals surface area (Å²) in [6.07, 6.45) is 3.93. The average Bonchev–Trinajstić information content (AvgIpc) is 2.95. The Kier molecular flexibility index (Phi) is 7.44. The van der Waals surface area contributed by atoms with Crippen molar-refractivity contribution in [3.05, 3.63) is 35.9 Å². The van der Waals surface area contributed by atoms with Gasteiger partial charge in [-0.3, -0.25) is 4.79 Å². The van der Waals surface area contributed by atoms with Gasteiger partial charge in [0.15, 0.2) is 0 Å². The van der Waals surface area contributed by atoms with Crippen molar-refractivity contribution in [2.45, 2.75) is 64.5 Å². The molecule has 0 saturated carbocycles. The molecule has 3 atom stereocenters. The van der Waals surface area contributed by atoms with Gasteiger partial charge in [0.25, 0.3) is 0 Å². The van der Waals surface area contributed by atoms with Crippen LogP contribution in [0.25, 0.3) is 0 Å². The second-order valence-corrected chi connectivity index (χ2v) is 6.83. The second-order valence-electron chi connectivity index (χ2n) is 6.83. The molecule has 0 spiro atoms. The predicted molar refractivity (Wildman–Crippen MR) is 96.1 cm³/mol. The first-order valence-corrected chi connectivity index (χ1v) is 9.26. The summed E-state index contributed by atoms with van der Waals surface area (Å²) in [7, 11) is 0. The van der Waals surface area contributed by atoms with E-state index in [1.807, 2.05) is 30.3 Å². The number of aliphatic hydroxyl groups is 1. The van der Waals surface area contributed by atoms with Crippen molar-refractivity contribution in [3.63, 3.8) is 0 Å². The first kappa shape index (κ1) is 19.4. The van der Waals surface area contributed by atoms with Gasteiger partial charge in [-0.15, -0.1) is 0 Å². The van der Waals surface area contributed by atoms with Gasteiger partial charge in [0.1, 0.15) is 6.61 Å². The first-order chi connectivity index (χ1) is 12.0. The third-order valence-corrected chi connectivity index (χ3v) is 4.78. The lowest BCUT2D eigenvalue weighted by Gasteiger charge is -2.26. The lowest BCUT2D eigenvalue weighted by Crippen LogP contribution is -2.46. The maximum absolute atomic E-state index is 12.9. The summed E-state index contributed by atoms with van der Waals surface area (Å²) >= 11 is 0. The fraction of sp³-hybridized carbons (Fsp3) is 0.600. The Hall–Kier alpha value is -1.88. The minimum Gasteiger partial charge on any atom is -0.447 e. The largest absolute Gasteiger partial charge is 0.447 e. The molecule has 1 aliphatic rings. The highest BCUT2D eigenvalue weighted by Gasteiger charge is 2.41. The van der Waals surface area contributed by atoms with Gasteiger partial charge in [0.05, 0.1) is 18.1 Å². The van der Waals surface area contributed by atoms with Gasteiger partial charge < -0.3 is 9.84 Å². The van der Waals surface area contributed by atoms with E-state index in [1.54, 1.807) is 6.92 Å². The van der Waals surface area contributed by atoms with Crippen LogP contribution in [-0.2, 0) is 16.0 Å². The summed E-state index contributed by atoms with van der Waals surface area (Å²) in [4.78, 5) is 26.3. The number of cyclic esters (lactones) is 1. The SMILES string of the molecule is CCCCCCC(C(=O)N1C(=O)OC[C@H]1Cc1ccccc1)[C@H](C)O. The van der Waals surface area contributed by atoms with Gasteiger partial charge in [0.2, 0.25) is 5.91 Å². The van der Waals surface area contributed by atoms with Crippen molar-refractivity contribution >= 4 is 12.0 Å². The number of ether oxygens (including phenoxy) is 1. The molecule has 25 heavy (non-hydrogen) atoms. The van der Waals surface area contributed by atoms with Gasteiger partial charge in [-0.2, -0.15) is 0 Å². The highest BCUT2D eigenvalue weighted by Crippen LogP contribution is 2.24. The number of benzene rings is 1. The van der Waals surface area contributed by atoms with Crippen molar-refractivity contribution in [1.82, 2.24) is 4.90 Å². The van der Waals surface area contributed by atoms with Gasteiger partial charge in [0, 0.05) is 0 Å². The summed E-state index contributed by atoms with van der Waals surface area (Å²) in [5.41, 5.74) is 1.06. The first-order valence-electron chi connectivity index (χ1n) is 9.26. The van der Waals surface area contributed by atoms with Crippen molar-refractivity contribution in [2.24, 2.45) is 5.92 Å². The predicted octanol–water partition coefficient (Wildman–Crippen LogP) is 3.54. The van der Waals surface area contributed by atoms with E-state index in [-0.39, 0.29) is 18.6 Å². The molecule has 1 aliphatic heterocycles. The zero-order chi connectivity index (χ0) is 18.2. The van der Waals surface area contributed by atoms with E-state index in [1.165, 1.54) is 4.90 Å². The Morgan fingerprint density at radius 1 is 1.28 bits per heavy atom. The van der Waals surface area contributed by atoms with Crippen molar-refractivity contribution in [1.29, 1.82) is 0 Å². The van der Waals surface area contributed by atoms with Crippen LogP contribution in [0.15, 0.2) is 30.3 Å². The molecule has 1 heterocycles. The summed E-state index contributed by atoms with van der Waals surface area (Å²) < 4.78 is 5.13. The van der Waals surface area contributed by atoms with Gasteiger partial charge in [-0.25, -0.2) is 9.69 Å². The molecule has 0 bridgehead atoms. The van der Waals surface area contributed by atoms with E-state index in [4.69, 9.17) is 4.74 Å². The van der Waals surface area contributed by atoms with Crippen molar-refractivity contribution in [2.75, 3.05) is 6.61 Å². The maximum Gasteiger partial charge on any atom is 0.416 e. The minimum absolute atomic E-state index is 0.210. The number of imide groups is 1. The Morgan fingerprint density at radius 3 is 2.64 bits per heavy atom. The third-order valence-electron chi connectivity index (χ3n) is 4.78. The smallest absolute Gasteiger partial charge is 0.416 e. The highest BCUT2D eigenvalue weighted by atomic mass is 16.6. The van der Waals surface area contributed by atoms with E-state index >= 15 is 0 Å². The monoisotopic (exact) mass is 347 g/mol. The van der Waals surface area contributed by atoms with Crippen LogP contribution in [-0.4, -0.2) is 40.8 Å². The molecule has 1 unspecified atom stereocenters. The summed E-state index contributed by atoms with van der Waals surface area (Å²) in [6.45, 7) is 3.96. The Bertz CT molecular complexity index is 558. The molecule has 2 amide bonds. The molecule has 138 valence electrons. The lowest BCUT2D eigenvalue weighted by molar-refractivity contribution is -0.137. The van der Waals surface area contributed by atoms with E-state index in [0.29, 0.717) is 12.8 Å². The molecule has 5 heteroatoms. The molecule has 1 N–H and O–H groups in total. The maximum atomic E-state index is 12.9. The van der Waals surface area contributed by atoms with Crippen LogP contribution in [0.5, 0.6) is 0 Å². The quantitative estimate of drug-likeness (QED) is 0.694. The molecule has 1 fully saturated rings. The molecular formula is C20H29NO4. The topological polar surface area (TPSA) is 66.8 Å². The number of hydrogen-bond acceptors (Lipinski definition) is 4. The third kappa shape index (κ3) is 5.30. The van der Waals surface area contributed by atoms with Gasteiger partial charge in [-0.05, 0) is 25.3 Å². The lowest BCUT2D eigenvalue weighted by atomic mass is 9.93. The van der Waals surface area contributed by atoms with Gasteiger partial charge in [-0.1, -0.05) is 62.9 Å².